The van der Waals surface area contributed by atoms with Gasteiger partial charge in [0.25, 0.3) is 0 Å². The third-order valence-corrected chi connectivity index (χ3v) is 7.48. The second-order valence-electron chi connectivity index (χ2n) is 8.76. The van der Waals surface area contributed by atoms with Gasteiger partial charge in [-0.2, -0.15) is 17.5 Å². The number of carbonyl (C=O) groups excluding carboxylic acids is 1. The van der Waals surface area contributed by atoms with Crippen molar-refractivity contribution in [3.8, 4) is 16.2 Å². The van der Waals surface area contributed by atoms with E-state index in [1.165, 1.54) is 0 Å². The number of anilines is 1. The van der Waals surface area contributed by atoms with Gasteiger partial charge in [0.2, 0.25) is 5.91 Å². The molecule has 1 aliphatic carbocycles. The third-order valence-electron chi connectivity index (χ3n) is 6.51. The summed E-state index contributed by atoms with van der Waals surface area (Å²) in [6, 6.07) is 8.77. The first-order valence-electron chi connectivity index (χ1n) is 11.1. The quantitative estimate of drug-likeness (QED) is 0.346. The number of nitrogens with one attached hydrogen (secondary N) is 1. The van der Waals surface area contributed by atoms with Crippen molar-refractivity contribution in [3.63, 3.8) is 0 Å². The van der Waals surface area contributed by atoms with E-state index in [4.69, 9.17) is 0 Å². The second kappa shape index (κ2) is 9.88. The Bertz CT molecular complexity index is 1290. The summed E-state index contributed by atoms with van der Waals surface area (Å²) in [5.41, 5.74) is 0.296. The lowest BCUT2D eigenvalue weighted by Gasteiger charge is -2.35. The maximum atomic E-state index is 14.3. The zero-order chi connectivity index (χ0) is 26.2. The Hall–Kier alpha value is -3.47. The molecule has 3 atom stereocenters. The molecule has 11 heteroatoms. The Balaban J connectivity index is 1.56. The minimum atomic E-state index is -4.73. The minimum Gasteiger partial charge on any atom is -0.505 e. The second-order valence-corrected chi connectivity index (χ2v) is 9.53. The average Bonchev–Trinajstić information content (AvgIpc) is 3.17. The van der Waals surface area contributed by atoms with Crippen LogP contribution in [-0.4, -0.2) is 26.5 Å². The number of halogens is 4. The van der Waals surface area contributed by atoms with Crippen LogP contribution in [0.25, 0.3) is 10.4 Å². The molecule has 0 aliphatic heterocycles. The van der Waals surface area contributed by atoms with Gasteiger partial charge in [0, 0.05) is 0 Å². The molecule has 1 aromatic heterocycles. The lowest BCUT2D eigenvalue weighted by atomic mass is 9.69. The van der Waals surface area contributed by atoms with E-state index in [-0.39, 0.29) is 18.2 Å². The van der Waals surface area contributed by atoms with Crippen molar-refractivity contribution in [2.75, 3.05) is 5.32 Å². The summed E-state index contributed by atoms with van der Waals surface area (Å²) >= 11 is 1.14. The first kappa shape index (κ1) is 25.6. The first-order valence-corrected chi connectivity index (χ1v) is 11.9. The minimum absolute atomic E-state index is 0.0843. The highest BCUT2D eigenvalue weighted by atomic mass is 32.1. The Morgan fingerprint density at radius 3 is 2.36 bits per heavy atom. The van der Waals surface area contributed by atoms with E-state index in [9.17, 15) is 37.4 Å². The molecular weight excluding hydrogens is 500 g/mol. The van der Waals surface area contributed by atoms with Crippen molar-refractivity contribution in [1.82, 2.24) is 4.37 Å². The summed E-state index contributed by atoms with van der Waals surface area (Å²) in [6.07, 6.45) is -3.44. The molecule has 2 aromatic carbocycles. The molecular formula is C25H22F4N2O4S. The Morgan fingerprint density at radius 1 is 1.11 bits per heavy atom. The molecule has 1 aliphatic rings. The number of hydrogen-bond acceptors (Lipinski definition) is 5. The van der Waals surface area contributed by atoms with E-state index < -0.39 is 52.9 Å². The van der Waals surface area contributed by atoms with Gasteiger partial charge in [-0.05, 0) is 66.5 Å². The summed E-state index contributed by atoms with van der Waals surface area (Å²) < 4.78 is 56.8. The van der Waals surface area contributed by atoms with Crippen LogP contribution in [0.1, 0.15) is 42.0 Å². The molecule has 1 amide bonds. The molecule has 190 valence electrons. The third kappa shape index (κ3) is 5.06. The number of rotatable bonds is 5. The zero-order valence-corrected chi connectivity index (χ0v) is 19.8. The van der Waals surface area contributed by atoms with Crippen LogP contribution in [0.3, 0.4) is 0 Å². The van der Waals surface area contributed by atoms with Crippen molar-refractivity contribution < 1.29 is 37.4 Å². The van der Waals surface area contributed by atoms with Gasteiger partial charge < -0.3 is 15.5 Å². The summed E-state index contributed by atoms with van der Waals surface area (Å²) in [4.78, 5) is 25.8. The number of carboxylic acids is 1. The van der Waals surface area contributed by atoms with Crippen LogP contribution in [0.5, 0.6) is 5.75 Å². The number of benzene rings is 2. The van der Waals surface area contributed by atoms with Gasteiger partial charge in [0.1, 0.15) is 5.82 Å². The van der Waals surface area contributed by atoms with Gasteiger partial charge in [0.05, 0.1) is 33.7 Å². The number of aromatic hydroxyl groups is 1. The molecule has 1 heterocycles. The van der Waals surface area contributed by atoms with E-state index >= 15 is 0 Å². The fourth-order valence-electron chi connectivity index (χ4n) is 4.66. The van der Waals surface area contributed by atoms with Gasteiger partial charge in [-0.1, -0.05) is 30.7 Å². The van der Waals surface area contributed by atoms with Crippen molar-refractivity contribution in [2.45, 2.75) is 38.3 Å². The fourth-order valence-corrected chi connectivity index (χ4v) is 5.45. The molecule has 0 unspecified atom stereocenters. The molecule has 4 rings (SSSR count). The number of aromatic nitrogens is 1. The fraction of sp³-hybridized carbons (Fsp3) is 0.320. The number of nitrogens with zero attached hydrogens (tertiary/aromatic N) is 1. The molecule has 1 fully saturated rings. The molecule has 0 bridgehead atoms. The Kier molecular flexibility index (Phi) is 7.03. The van der Waals surface area contributed by atoms with Crippen LogP contribution in [0.15, 0.2) is 42.5 Å². The van der Waals surface area contributed by atoms with E-state index in [0.29, 0.717) is 35.0 Å². The molecule has 3 aromatic rings. The Morgan fingerprint density at radius 2 is 1.81 bits per heavy atom. The van der Waals surface area contributed by atoms with Gasteiger partial charge in [-0.15, -0.1) is 0 Å². The van der Waals surface area contributed by atoms with Crippen molar-refractivity contribution in [3.05, 3.63) is 65.1 Å². The largest absolute Gasteiger partial charge is 0.505 e. The summed E-state index contributed by atoms with van der Waals surface area (Å²) in [7, 11) is 0. The van der Waals surface area contributed by atoms with E-state index in [1.54, 1.807) is 31.2 Å². The van der Waals surface area contributed by atoms with Crippen molar-refractivity contribution >= 4 is 29.1 Å². The van der Waals surface area contributed by atoms with Crippen LogP contribution < -0.4 is 5.32 Å². The van der Waals surface area contributed by atoms with Crippen LogP contribution >= 0.6 is 11.5 Å². The maximum absolute atomic E-state index is 14.3. The molecule has 0 spiro atoms. The monoisotopic (exact) mass is 522 g/mol. The Labute approximate surface area is 207 Å². The highest BCUT2D eigenvalue weighted by Gasteiger charge is 2.43. The molecule has 1 saturated carbocycles. The predicted molar refractivity (Wildman–Crippen MR) is 125 cm³/mol. The van der Waals surface area contributed by atoms with E-state index in [1.807, 2.05) is 0 Å². The van der Waals surface area contributed by atoms with Crippen LogP contribution in [0.4, 0.5) is 23.2 Å². The summed E-state index contributed by atoms with van der Waals surface area (Å²) in [5, 5.41) is 22.4. The number of aliphatic carboxylic acids is 1. The average molecular weight is 523 g/mol. The number of hydrogen-bond donors (Lipinski definition) is 3. The SMILES string of the molecule is Cc1nsc(-c2ccc([C@H]3CCC[C@@H](C(=O)Nc4ccc(C(F)(F)F)cc4F)[C@@H]3C(=O)O)cc2)c1O. The van der Waals surface area contributed by atoms with Crippen LogP contribution in [0, 0.1) is 24.6 Å². The number of aryl methyl sites for hydroxylation is 1. The highest BCUT2D eigenvalue weighted by Crippen LogP contribution is 2.43. The standard InChI is InChI=1S/C25H22F4N2O4S/c1-12-21(32)22(36-31-12)14-7-5-13(6-8-14)16-3-2-4-17(20(16)24(34)35)23(33)30-19-10-9-15(11-18(19)26)25(27,28)29/h5-11,16-17,20,32H,2-4H2,1H3,(H,30,33)(H,34,35)/t16-,17-,20-/m1/s1. The topological polar surface area (TPSA) is 99.5 Å². The zero-order valence-electron chi connectivity index (χ0n) is 19.0. The normalized spacial score (nSPS) is 20.2. The maximum Gasteiger partial charge on any atom is 0.416 e. The van der Waals surface area contributed by atoms with E-state index in [0.717, 1.165) is 23.2 Å². The number of amides is 1. The van der Waals surface area contributed by atoms with E-state index in [2.05, 4.69) is 9.69 Å². The van der Waals surface area contributed by atoms with Gasteiger partial charge in [0.15, 0.2) is 5.75 Å². The number of alkyl halides is 3. The van der Waals surface area contributed by atoms with Crippen molar-refractivity contribution in [2.24, 2.45) is 11.8 Å². The highest BCUT2D eigenvalue weighted by molar-refractivity contribution is 7.10. The van der Waals surface area contributed by atoms with Crippen LogP contribution in [0.2, 0.25) is 0 Å². The first-order chi connectivity index (χ1) is 17.0. The number of carbonyl (C=O) groups is 2. The summed E-state index contributed by atoms with van der Waals surface area (Å²) in [5.74, 6) is -5.73. The molecule has 0 radical (unpaired) electrons. The smallest absolute Gasteiger partial charge is 0.416 e. The predicted octanol–water partition coefficient (Wildman–Crippen LogP) is 6.21. The number of carboxylic acid groups (broad SMARTS) is 1. The van der Waals surface area contributed by atoms with Crippen LogP contribution in [-0.2, 0) is 15.8 Å². The van der Waals surface area contributed by atoms with Gasteiger partial charge in [-0.3, -0.25) is 9.59 Å². The van der Waals surface area contributed by atoms with Gasteiger partial charge in [-0.25, -0.2) is 4.39 Å². The van der Waals surface area contributed by atoms with Crippen molar-refractivity contribution in [1.29, 1.82) is 0 Å². The lowest BCUT2D eigenvalue weighted by molar-refractivity contribution is -0.148. The molecule has 3 N–H and O–H groups in total. The molecule has 0 saturated heterocycles. The molecule has 6 nitrogen and oxygen atoms in total. The summed E-state index contributed by atoms with van der Waals surface area (Å²) in [6.45, 7) is 1.69. The molecule has 36 heavy (non-hydrogen) atoms. The van der Waals surface area contributed by atoms with Gasteiger partial charge >= 0.3 is 12.1 Å². The lowest BCUT2D eigenvalue weighted by Crippen LogP contribution is -2.40.